The van der Waals surface area contributed by atoms with Crippen LogP contribution in [0.3, 0.4) is 0 Å². The number of hydrogen-bond acceptors (Lipinski definition) is 4. The molecule has 2 amide bonds. The number of hydrogen-bond donors (Lipinski definition) is 1. The molecule has 0 saturated carbocycles. The van der Waals surface area contributed by atoms with E-state index in [4.69, 9.17) is 4.74 Å². The third-order valence-electron chi connectivity index (χ3n) is 5.10. The maximum atomic E-state index is 12.9. The van der Waals surface area contributed by atoms with Gasteiger partial charge < -0.3 is 14.7 Å². The molecule has 2 aliphatic heterocycles. The number of benzene rings is 1. The summed E-state index contributed by atoms with van der Waals surface area (Å²) in [5.74, 6) is -0.0482. The summed E-state index contributed by atoms with van der Waals surface area (Å²) in [6.07, 6.45) is 3.84. The van der Waals surface area contributed by atoms with Crippen LogP contribution in [0.4, 0.5) is 4.79 Å². The summed E-state index contributed by atoms with van der Waals surface area (Å²) in [6.45, 7) is 1.39. The Hall–Kier alpha value is -2.08. The van der Waals surface area contributed by atoms with Gasteiger partial charge in [0.2, 0.25) is 5.91 Å². The topological polar surface area (TPSA) is 70.1 Å². The summed E-state index contributed by atoms with van der Waals surface area (Å²) in [5.41, 5.74) is 0.925. The van der Waals surface area contributed by atoms with Gasteiger partial charge in [-0.15, -0.1) is 0 Å². The molecule has 136 valence electrons. The number of aliphatic hydroxyl groups excluding tert-OH is 1. The Kier molecular flexibility index (Phi) is 5.91. The van der Waals surface area contributed by atoms with E-state index in [0.29, 0.717) is 19.5 Å². The average Bonchev–Trinajstić information content (AvgIpc) is 3.16. The van der Waals surface area contributed by atoms with Crippen molar-refractivity contribution in [3.63, 3.8) is 0 Å². The zero-order valence-electron chi connectivity index (χ0n) is 14.5. The van der Waals surface area contributed by atoms with Crippen molar-refractivity contribution in [1.82, 2.24) is 9.80 Å². The van der Waals surface area contributed by atoms with Crippen molar-refractivity contribution in [2.75, 3.05) is 19.7 Å². The molecule has 2 saturated heterocycles. The van der Waals surface area contributed by atoms with Gasteiger partial charge in [-0.2, -0.15) is 0 Å². The van der Waals surface area contributed by atoms with Crippen molar-refractivity contribution < 1.29 is 19.4 Å². The fraction of sp³-hybridized carbons (Fsp3) is 0.579. The Morgan fingerprint density at radius 2 is 1.80 bits per heavy atom. The van der Waals surface area contributed by atoms with Gasteiger partial charge in [-0.05, 0) is 37.7 Å². The first-order valence-corrected chi connectivity index (χ1v) is 9.09. The first-order valence-electron chi connectivity index (χ1n) is 9.09. The minimum Gasteiger partial charge on any atom is -0.445 e. The van der Waals surface area contributed by atoms with Crippen molar-refractivity contribution in [3.05, 3.63) is 35.9 Å². The van der Waals surface area contributed by atoms with Gasteiger partial charge in [-0.1, -0.05) is 30.3 Å². The van der Waals surface area contributed by atoms with Gasteiger partial charge in [-0.3, -0.25) is 9.69 Å². The number of likely N-dealkylation sites (tertiary alicyclic amines) is 2. The predicted molar refractivity (Wildman–Crippen MR) is 92.8 cm³/mol. The van der Waals surface area contributed by atoms with Gasteiger partial charge >= 0.3 is 6.09 Å². The summed E-state index contributed by atoms with van der Waals surface area (Å²) in [4.78, 5) is 28.7. The highest BCUT2D eigenvalue weighted by molar-refractivity contribution is 5.86. The second kappa shape index (κ2) is 8.34. The van der Waals surface area contributed by atoms with E-state index >= 15 is 0 Å². The molecule has 0 aromatic heterocycles. The fourth-order valence-electron chi connectivity index (χ4n) is 3.72. The first kappa shape index (κ1) is 17.7. The van der Waals surface area contributed by atoms with Crippen molar-refractivity contribution in [1.29, 1.82) is 0 Å². The highest BCUT2D eigenvalue weighted by Gasteiger charge is 2.39. The van der Waals surface area contributed by atoms with Crippen molar-refractivity contribution in [2.24, 2.45) is 0 Å². The van der Waals surface area contributed by atoms with Crippen LogP contribution in [0.15, 0.2) is 30.3 Å². The molecule has 0 spiro atoms. The Morgan fingerprint density at radius 3 is 2.56 bits per heavy atom. The maximum Gasteiger partial charge on any atom is 0.410 e. The number of aliphatic hydroxyl groups is 1. The van der Waals surface area contributed by atoms with Gasteiger partial charge in [0.05, 0.1) is 12.6 Å². The molecule has 0 unspecified atom stereocenters. The van der Waals surface area contributed by atoms with E-state index in [0.717, 1.165) is 31.2 Å². The lowest BCUT2D eigenvalue weighted by Gasteiger charge is -2.37. The van der Waals surface area contributed by atoms with Crippen molar-refractivity contribution in [3.8, 4) is 0 Å². The second-order valence-corrected chi connectivity index (χ2v) is 6.76. The number of rotatable bonds is 4. The van der Waals surface area contributed by atoms with Crippen LogP contribution in [0.2, 0.25) is 0 Å². The summed E-state index contributed by atoms with van der Waals surface area (Å²) in [5, 5.41) is 9.54. The molecule has 1 aromatic rings. The van der Waals surface area contributed by atoms with Crippen LogP contribution in [0.25, 0.3) is 0 Å². The predicted octanol–water partition coefficient (Wildman–Crippen LogP) is 2.16. The molecule has 2 aliphatic rings. The molecule has 0 radical (unpaired) electrons. The molecule has 0 aliphatic carbocycles. The molecule has 2 atom stereocenters. The SMILES string of the molecule is O=C([C@@H]1CCCN1C(=O)OCc1ccccc1)N1CCCC[C@H]1CO. The number of carbonyl (C=O) groups excluding carboxylic acids is 2. The highest BCUT2D eigenvalue weighted by atomic mass is 16.6. The summed E-state index contributed by atoms with van der Waals surface area (Å²) >= 11 is 0. The molecular formula is C19H26N2O4. The molecule has 1 aromatic carbocycles. The monoisotopic (exact) mass is 346 g/mol. The van der Waals surface area contributed by atoms with Crippen LogP contribution >= 0.6 is 0 Å². The number of ether oxygens (including phenoxy) is 1. The van der Waals surface area contributed by atoms with Crippen molar-refractivity contribution in [2.45, 2.75) is 50.8 Å². The summed E-state index contributed by atoms with van der Waals surface area (Å²) in [7, 11) is 0. The van der Waals surface area contributed by atoms with Gasteiger partial charge in [0.1, 0.15) is 12.6 Å². The minimum atomic E-state index is -0.463. The van der Waals surface area contributed by atoms with E-state index < -0.39 is 12.1 Å². The first-order chi connectivity index (χ1) is 12.2. The average molecular weight is 346 g/mol. The zero-order chi connectivity index (χ0) is 17.6. The molecule has 0 bridgehead atoms. The molecule has 6 nitrogen and oxygen atoms in total. The summed E-state index contributed by atoms with van der Waals surface area (Å²) in [6, 6.07) is 8.93. The maximum absolute atomic E-state index is 12.9. The molecule has 2 fully saturated rings. The van der Waals surface area contributed by atoms with Crippen LogP contribution in [-0.2, 0) is 16.1 Å². The summed E-state index contributed by atoms with van der Waals surface area (Å²) < 4.78 is 5.40. The molecule has 6 heteroatoms. The molecular weight excluding hydrogens is 320 g/mol. The van der Waals surface area contributed by atoms with Gasteiger partial charge in [0.15, 0.2) is 0 Å². The third-order valence-corrected chi connectivity index (χ3v) is 5.10. The molecule has 25 heavy (non-hydrogen) atoms. The second-order valence-electron chi connectivity index (χ2n) is 6.76. The van der Waals surface area contributed by atoms with E-state index in [-0.39, 0.29) is 25.2 Å². The number of amides is 2. The fourth-order valence-corrected chi connectivity index (χ4v) is 3.72. The Labute approximate surface area is 148 Å². The minimum absolute atomic E-state index is 0.0170. The van der Waals surface area contributed by atoms with Gasteiger partial charge in [0.25, 0.3) is 0 Å². The lowest BCUT2D eigenvalue weighted by molar-refractivity contribution is -0.140. The van der Waals surface area contributed by atoms with Crippen LogP contribution in [0.5, 0.6) is 0 Å². The van der Waals surface area contributed by atoms with Crippen LogP contribution in [-0.4, -0.2) is 58.7 Å². The molecule has 2 heterocycles. The lowest BCUT2D eigenvalue weighted by Crippen LogP contribution is -2.53. The number of carbonyl (C=O) groups is 2. The van der Waals surface area contributed by atoms with Crippen LogP contribution in [0, 0.1) is 0 Å². The Bertz CT molecular complexity index is 592. The zero-order valence-corrected chi connectivity index (χ0v) is 14.5. The number of piperidine rings is 1. The van der Waals surface area contributed by atoms with Gasteiger partial charge in [-0.25, -0.2) is 4.79 Å². The largest absolute Gasteiger partial charge is 0.445 e. The van der Waals surface area contributed by atoms with E-state index in [9.17, 15) is 14.7 Å². The molecule has 3 rings (SSSR count). The number of nitrogens with zero attached hydrogens (tertiary/aromatic N) is 2. The Morgan fingerprint density at radius 1 is 1.04 bits per heavy atom. The normalized spacial score (nSPS) is 23.6. The van der Waals surface area contributed by atoms with Gasteiger partial charge in [0, 0.05) is 13.1 Å². The van der Waals surface area contributed by atoms with E-state index in [1.807, 2.05) is 30.3 Å². The quantitative estimate of drug-likeness (QED) is 0.907. The Balaban J connectivity index is 1.61. The lowest BCUT2D eigenvalue weighted by atomic mass is 10.0. The molecule has 1 N–H and O–H groups in total. The van der Waals surface area contributed by atoms with Crippen molar-refractivity contribution >= 4 is 12.0 Å². The van der Waals surface area contributed by atoms with Crippen LogP contribution in [0.1, 0.15) is 37.7 Å². The van der Waals surface area contributed by atoms with Crippen LogP contribution < -0.4 is 0 Å². The van der Waals surface area contributed by atoms with E-state index in [1.165, 1.54) is 0 Å². The standard InChI is InChI=1S/C19H26N2O4/c22-13-16-9-4-5-11-20(16)18(23)17-10-6-12-21(17)19(24)25-14-15-7-2-1-3-8-15/h1-3,7-8,16-17,22H,4-6,9-14H2/t16-,17-/m0/s1. The van der Waals surface area contributed by atoms with E-state index in [1.54, 1.807) is 9.80 Å². The smallest absolute Gasteiger partial charge is 0.410 e. The highest BCUT2D eigenvalue weighted by Crippen LogP contribution is 2.25. The van der Waals surface area contributed by atoms with E-state index in [2.05, 4.69) is 0 Å². The third kappa shape index (κ3) is 4.12.